The molecular formula is C23H28N6O. The van der Waals surface area contributed by atoms with Crippen molar-refractivity contribution in [3.63, 3.8) is 0 Å². The van der Waals surface area contributed by atoms with Crippen LogP contribution in [-0.4, -0.2) is 57.1 Å². The van der Waals surface area contributed by atoms with Gasteiger partial charge in [-0.3, -0.25) is 4.79 Å². The largest absolute Gasteiger partial charge is 0.347 e. The number of pyridine rings is 2. The molecule has 0 saturated carbocycles. The molecule has 30 heavy (non-hydrogen) atoms. The molecular weight excluding hydrogens is 376 g/mol. The Hall–Kier alpha value is -2.93. The van der Waals surface area contributed by atoms with Gasteiger partial charge in [-0.25, -0.2) is 9.50 Å². The Kier molecular flexibility index (Phi) is 5.12. The lowest BCUT2D eigenvalue weighted by molar-refractivity contribution is -0.132. The molecule has 2 saturated heterocycles. The normalized spacial score (nSPS) is 20.8. The average molecular weight is 405 g/mol. The molecule has 5 rings (SSSR count). The molecule has 0 aliphatic carbocycles. The highest BCUT2D eigenvalue weighted by Crippen LogP contribution is 2.34. The molecule has 156 valence electrons. The Bertz CT molecular complexity index is 1020. The molecule has 1 amide bonds. The fourth-order valence-corrected chi connectivity index (χ4v) is 4.83. The van der Waals surface area contributed by atoms with E-state index in [4.69, 9.17) is 0 Å². The topological polar surface area (TPSA) is 65.8 Å². The molecule has 0 radical (unpaired) electrons. The first-order valence-electron chi connectivity index (χ1n) is 10.8. The first-order valence-corrected chi connectivity index (χ1v) is 10.8. The molecule has 2 fully saturated rings. The maximum absolute atomic E-state index is 12.8. The van der Waals surface area contributed by atoms with E-state index in [-0.39, 0.29) is 5.91 Å². The third kappa shape index (κ3) is 3.65. The zero-order chi connectivity index (χ0) is 20.5. The van der Waals surface area contributed by atoms with E-state index < -0.39 is 0 Å². The molecule has 7 heteroatoms. The molecule has 2 atom stereocenters. The van der Waals surface area contributed by atoms with Gasteiger partial charge < -0.3 is 15.1 Å². The molecule has 0 aromatic carbocycles. The molecule has 2 bridgehead atoms. The van der Waals surface area contributed by atoms with Crippen molar-refractivity contribution in [3.05, 3.63) is 60.0 Å². The van der Waals surface area contributed by atoms with Crippen LogP contribution in [-0.2, 0) is 11.3 Å². The highest BCUT2D eigenvalue weighted by atomic mass is 16.2. The number of likely N-dealkylation sites (tertiary alicyclic amines) is 1. The van der Waals surface area contributed by atoms with Crippen LogP contribution in [0.25, 0.3) is 5.52 Å². The predicted molar refractivity (Wildman–Crippen MR) is 116 cm³/mol. The Morgan fingerprint density at radius 2 is 2.00 bits per heavy atom. The zero-order valence-electron chi connectivity index (χ0n) is 17.4. The molecule has 5 heterocycles. The van der Waals surface area contributed by atoms with Crippen molar-refractivity contribution in [1.29, 1.82) is 0 Å². The van der Waals surface area contributed by atoms with E-state index >= 15 is 0 Å². The van der Waals surface area contributed by atoms with E-state index in [1.165, 1.54) is 11.1 Å². The molecule has 2 aliphatic heterocycles. The van der Waals surface area contributed by atoms with E-state index in [1.807, 2.05) is 35.2 Å². The quantitative estimate of drug-likeness (QED) is 0.639. The lowest BCUT2D eigenvalue weighted by Crippen LogP contribution is -2.56. The smallest absolute Gasteiger partial charge is 0.223 e. The standard InChI is InChI=1S/C23H28N6O/c1-17-4-7-22(25-13-17)29-19-5-6-20(29)16-27(15-19)23(30)9-10-24-14-18-3-2-12-28-21(18)8-11-26-28/h2-4,7-8,11-13,19-20,24H,5-6,9-10,14-16H2,1H3. The van der Waals surface area contributed by atoms with Gasteiger partial charge in [0.1, 0.15) is 5.82 Å². The number of piperazine rings is 1. The molecule has 1 N–H and O–H groups in total. The van der Waals surface area contributed by atoms with Crippen molar-refractivity contribution < 1.29 is 4.79 Å². The Morgan fingerprint density at radius 1 is 1.17 bits per heavy atom. The minimum atomic E-state index is 0.249. The molecule has 7 nitrogen and oxygen atoms in total. The summed E-state index contributed by atoms with van der Waals surface area (Å²) in [6, 6.07) is 11.1. The van der Waals surface area contributed by atoms with E-state index in [2.05, 4.69) is 50.3 Å². The van der Waals surface area contributed by atoms with Crippen molar-refractivity contribution in [2.45, 2.75) is 44.8 Å². The number of fused-ring (bicyclic) bond motifs is 3. The summed E-state index contributed by atoms with van der Waals surface area (Å²) in [5.41, 5.74) is 3.48. The average Bonchev–Trinajstić information content (AvgIpc) is 3.34. The van der Waals surface area contributed by atoms with Crippen molar-refractivity contribution in [2.24, 2.45) is 0 Å². The van der Waals surface area contributed by atoms with Gasteiger partial charge in [0.25, 0.3) is 0 Å². The van der Waals surface area contributed by atoms with Crippen LogP contribution in [0.2, 0.25) is 0 Å². The van der Waals surface area contributed by atoms with Crippen molar-refractivity contribution in [1.82, 2.24) is 24.8 Å². The number of rotatable bonds is 6. The third-order valence-electron chi connectivity index (χ3n) is 6.35. The Morgan fingerprint density at radius 3 is 2.77 bits per heavy atom. The number of carbonyl (C=O) groups excluding carboxylic acids is 1. The molecule has 0 spiro atoms. The fourth-order valence-electron chi connectivity index (χ4n) is 4.83. The highest BCUT2D eigenvalue weighted by molar-refractivity contribution is 5.77. The van der Waals surface area contributed by atoms with Crippen LogP contribution in [0.1, 0.15) is 30.4 Å². The van der Waals surface area contributed by atoms with Crippen molar-refractivity contribution in [2.75, 3.05) is 24.5 Å². The van der Waals surface area contributed by atoms with Gasteiger partial charge in [-0.1, -0.05) is 12.1 Å². The summed E-state index contributed by atoms with van der Waals surface area (Å²) in [6.07, 6.45) is 8.49. The summed E-state index contributed by atoms with van der Waals surface area (Å²) < 4.78 is 1.88. The number of nitrogens with one attached hydrogen (secondary N) is 1. The molecule has 3 aromatic rings. The molecule has 3 aromatic heterocycles. The lowest BCUT2D eigenvalue weighted by atomic mass is 10.1. The van der Waals surface area contributed by atoms with E-state index in [0.717, 1.165) is 43.8 Å². The Balaban J connectivity index is 1.13. The van der Waals surface area contributed by atoms with Crippen molar-refractivity contribution in [3.8, 4) is 0 Å². The van der Waals surface area contributed by atoms with Gasteiger partial charge in [0, 0.05) is 63.3 Å². The van der Waals surface area contributed by atoms with E-state index in [1.54, 1.807) is 0 Å². The van der Waals surface area contributed by atoms with Crippen LogP contribution < -0.4 is 10.2 Å². The van der Waals surface area contributed by atoms with Gasteiger partial charge in [-0.05, 0) is 49.1 Å². The second-order valence-corrected chi connectivity index (χ2v) is 8.41. The SMILES string of the molecule is Cc1ccc(N2C3CCC2CN(C(=O)CCNCc2cccn4nccc24)C3)nc1. The third-order valence-corrected chi connectivity index (χ3v) is 6.35. The van der Waals surface area contributed by atoms with Crippen LogP contribution in [0, 0.1) is 6.92 Å². The van der Waals surface area contributed by atoms with Gasteiger partial charge in [0.05, 0.1) is 5.52 Å². The first kappa shape index (κ1) is 19.1. The maximum Gasteiger partial charge on any atom is 0.223 e. The number of hydrogen-bond donors (Lipinski definition) is 1. The lowest BCUT2D eigenvalue weighted by Gasteiger charge is -2.42. The van der Waals surface area contributed by atoms with E-state index in [9.17, 15) is 4.79 Å². The minimum absolute atomic E-state index is 0.249. The van der Waals surface area contributed by atoms with Crippen LogP contribution in [0.5, 0.6) is 0 Å². The summed E-state index contributed by atoms with van der Waals surface area (Å²) in [7, 11) is 0. The van der Waals surface area contributed by atoms with Crippen LogP contribution >= 0.6 is 0 Å². The zero-order valence-corrected chi connectivity index (χ0v) is 17.4. The number of hydrogen-bond acceptors (Lipinski definition) is 5. The number of aromatic nitrogens is 3. The van der Waals surface area contributed by atoms with Gasteiger partial charge in [0.15, 0.2) is 0 Å². The summed E-state index contributed by atoms with van der Waals surface area (Å²) in [5.74, 6) is 1.30. The van der Waals surface area contributed by atoms with Gasteiger partial charge in [0.2, 0.25) is 5.91 Å². The number of anilines is 1. The second kappa shape index (κ2) is 8.07. The number of nitrogens with zero attached hydrogens (tertiary/aromatic N) is 5. The van der Waals surface area contributed by atoms with Gasteiger partial charge in [-0.2, -0.15) is 5.10 Å². The molecule has 2 aliphatic rings. The first-order chi connectivity index (χ1) is 14.7. The number of carbonyl (C=O) groups is 1. The highest BCUT2D eigenvalue weighted by Gasteiger charge is 2.41. The summed E-state index contributed by atoms with van der Waals surface area (Å²) in [6.45, 7) is 5.09. The van der Waals surface area contributed by atoms with Crippen LogP contribution in [0.4, 0.5) is 5.82 Å². The monoisotopic (exact) mass is 404 g/mol. The fraction of sp³-hybridized carbons (Fsp3) is 0.435. The number of amides is 1. The summed E-state index contributed by atoms with van der Waals surface area (Å²) in [5, 5.41) is 7.69. The van der Waals surface area contributed by atoms with Gasteiger partial charge >= 0.3 is 0 Å². The summed E-state index contributed by atoms with van der Waals surface area (Å²) >= 11 is 0. The molecule has 2 unspecified atom stereocenters. The van der Waals surface area contributed by atoms with Gasteiger partial charge in [-0.15, -0.1) is 0 Å². The second-order valence-electron chi connectivity index (χ2n) is 8.41. The van der Waals surface area contributed by atoms with E-state index in [0.29, 0.717) is 25.0 Å². The maximum atomic E-state index is 12.8. The number of aryl methyl sites for hydroxylation is 1. The Labute approximate surface area is 176 Å². The van der Waals surface area contributed by atoms with Crippen molar-refractivity contribution >= 4 is 17.2 Å². The minimum Gasteiger partial charge on any atom is -0.347 e. The van der Waals surface area contributed by atoms with Crippen LogP contribution in [0.3, 0.4) is 0 Å². The summed E-state index contributed by atoms with van der Waals surface area (Å²) in [4.78, 5) is 22.0. The predicted octanol–water partition coefficient (Wildman–Crippen LogP) is 2.40. The van der Waals surface area contributed by atoms with Crippen LogP contribution in [0.15, 0.2) is 48.9 Å².